The number of likely N-dealkylation sites (N-methyl/N-ethyl adjacent to an activating group) is 2. The fraction of sp³-hybridized carbons (Fsp3) is 0.417. The highest BCUT2D eigenvalue weighted by Crippen LogP contribution is 2.27. The van der Waals surface area contributed by atoms with Crippen LogP contribution in [-0.4, -0.2) is 38.8 Å². The first-order valence-electron chi connectivity index (χ1n) is 5.98. The lowest BCUT2D eigenvalue weighted by Crippen LogP contribution is -2.38. The molecule has 0 radical (unpaired) electrons. The summed E-state index contributed by atoms with van der Waals surface area (Å²) in [4.78, 5) is 11.5. The van der Waals surface area contributed by atoms with E-state index in [0.29, 0.717) is 17.1 Å². The van der Waals surface area contributed by atoms with Crippen LogP contribution in [0.4, 0.5) is 5.69 Å². The summed E-state index contributed by atoms with van der Waals surface area (Å²) in [6, 6.07) is 2.80. The number of rotatable bonds is 5. The molecular formula is C12H18ClN3O3S. The van der Waals surface area contributed by atoms with Gasteiger partial charge in [-0.25, -0.2) is 8.42 Å². The average molecular weight is 320 g/mol. The standard InChI is InChI=1S/C12H18ClN3O3S/c1-4-15-12(17)7-16(3)20(18,19)11-6-10(14)9(13)5-8(11)2/h5-6H,4,7,14H2,1-3H3,(H,15,17). The van der Waals surface area contributed by atoms with Gasteiger partial charge >= 0.3 is 0 Å². The lowest BCUT2D eigenvalue weighted by atomic mass is 10.2. The van der Waals surface area contributed by atoms with E-state index in [1.807, 2.05) is 0 Å². The number of carbonyl (C=O) groups is 1. The van der Waals surface area contributed by atoms with Crippen molar-refractivity contribution in [2.45, 2.75) is 18.7 Å². The van der Waals surface area contributed by atoms with Crippen molar-refractivity contribution in [3.63, 3.8) is 0 Å². The molecule has 0 aliphatic rings. The summed E-state index contributed by atoms with van der Waals surface area (Å²) >= 11 is 5.84. The first-order chi connectivity index (χ1) is 9.20. The van der Waals surface area contributed by atoms with Gasteiger partial charge in [0.1, 0.15) is 0 Å². The molecule has 0 fully saturated rings. The van der Waals surface area contributed by atoms with E-state index >= 15 is 0 Å². The molecule has 6 nitrogen and oxygen atoms in total. The molecule has 1 rings (SSSR count). The van der Waals surface area contributed by atoms with E-state index in [9.17, 15) is 13.2 Å². The highest BCUT2D eigenvalue weighted by atomic mass is 35.5. The SMILES string of the molecule is CCNC(=O)CN(C)S(=O)(=O)c1cc(N)c(Cl)cc1C. The van der Waals surface area contributed by atoms with Crippen LogP contribution in [0.2, 0.25) is 5.02 Å². The van der Waals surface area contributed by atoms with E-state index in [-0.39, 0.29) is 23.0 Å². The van der Waals surface area contributed by atoms with Gasteiger partial charge in [0.05, 0.1) is 22.2 Å². The number of hydrogen-bond acceptors (Lipinski definition) is 4. The van der Waals surface area contributed by atoms with Gasteiger partial charge in [-0.05, 0) is 31.5 Å². The maximum atomic E-state index is 12.4. The number of nitrogens with zero attached hydrogens (tertiary/aromatic N) is 1. The number of amides is 1. The second-order valence-corrected chi connectivity index (χ2v) is 6.77. The third kappa shape index (κ3) is 3.62. The Morgan fingerprint density at radius 1 is 1.45 bits per heavy atom. The monoisotopic (exact) mass is 319 g/mol. The van der Waals surface area contributed by atoms with Crippen molar-refractivity contribution in [2.24, 2.45) is 0 Å². The Kier molecular flexibility index (Phi) is 5.38. The molecule has 0 saturated carbocycles. The molecule has 0 spiro atoms. The molecule has 1 aromatic rings. The van der Waals surface area contributed by atoms with Crippen molar-refractivity contribution < 1.29 is 13.2 Å². The lowest BCUT2D eigenvalue weighted by molar-refractivity contribution is -0.121. The maximum absolute atomic E-state index is 12.4. The van der Waals surface area contributed by atoms with E-state index in [4.69, 9.17) is 17.3 Å². The molecule has 0 heterocycles. The molecule has 0 bridgehead atoms. The first kappa shape index (κ1) is 16.7. The van der Waals surface area contributed by atoms with Crippen LogP contribution in [-0.2, 0) is 14.8 Å². The molecular weight excluding hydrogens is 302 g/mol. The van der Waals surface area contributed by atoms with Crippen LogP contribution in [0.15, 0.2) is 17.0 Å². The molecule has 0 unspecified atom stereocenters. The molecule has 1 aromatic carbocycles. The normalized spacial score (nSPS) is 11.7. The number of carbonyl (C=O) groups excluding carboxylic acids is 1. The highest BCUT2D eigenvalue weighted by molar-refractivity contribution is 7.89. The van der Waals surface area contributed by atoms with E-state index in [1.54, 1.807) is 13.8 Å². The van der Waals surface area contributed by atoms with Crippen LogP contribution in [0.3, 0.4) is 0 Å². The highest BCUT2D eigenvalue weighted by Gasteiger charge is 2.25. The Labute approximate surface area is 123 Å². The summed E-state index contributed by atoms with van der Waals surface area (Å²) < 4.78 is 25.8. The van der Waals surface area contributed by atoms with E-state index in [1.165, 1.54) is 19.2 Å². The molecule has 112 valence electrons. The number of nitrogens with one attached hydrogen (secondary N) is 1. The number of hydrogen-bond donors (Lipinski definition) is 2. The summed E-state index contributed by atoms with van der Waals surface area (Å²) in [6.45, 7) is 3.58. The second kappa shape index (κ2) is 6.43. The Bertz CT molecular complexity index is 617. The van der Waals surface area contributed by atoms with Crippen LogP contribution in [0.5, 0.6) is 0 Å². The summed E-state index contributed by atoms with van der Waals surface area (Å²) in [5.74, 6) is -0.363. The molecule has 0 aliphatic carbocycles. The van der Waals surface area contributed by atoms with E-state index in [2.05, 4.69) is 5.32 Å². The molecule has 0 aromatic heterocycles. The van der Waals surface area contributed by atoms with Gasteiger partial charge in [0.2, 0.25) is 15.9 Å². The summed E-state index contributed by atoms with van der Waals surface area (Å²) in [5.41, 5.74) is 6.30. The molecule has 0 aliphatic heterocycles. The van der Waals surface area contributed by atoms with Crippen LogP contribution >= 0.6 is 11.6 Å². The van der Waals surface area contributed by atoms with Gasteiger partial charge < -0.3 is 11.1 Å². The minimum atomic E-state index is -3.79. The zero-order chi connectivity index (χ0) is 15.5. The number of benzene rings is 1. The summed E-state index contributed by atoms with van der Waals surface area (Å²) in [6.07, 6.45) is 0. The van der Waals surface area contributed by atoms with Crippen LogP contribution < -0.4 is 11.1 Å². The van der Waals surface area contributed by atoms with Crippen molar-refractivity contribution in [3.8, 4) is 0 Å². The number of aryl methyl sites for hydroxylation is 1. The maximum Gasteiger partial charge on any atom is 0.243 e. The van der Waals surface area contributed by atoms with Gasteiger partial charge in [-0.2, -0.15) is 4.31 Å². The van der Waals surface area contributed by atoms with Crippen LogP contribution in [0, 0.1) is 6.92 Å². The Balaban J connectivity index is 3.11. The van der Waals surface area contributed by atoms with E-state index < -0.39 is 10.0 Å². The van der Waals surface area contributed by atoms with Gasteiger partial charge in [-0.1, -0.05) is 11.6 Å². The molecule has 1 amide bonds. The third-order valence-corrected chi connectivity index (χ3v) is 5.00. The predicted molar refractivity (Wildman–Crippen MR) is 79.1 cm³/mol. The van der Waals surface area contributed by atoms with Gasteiger partial charge in [0.25, 0.3) is 0 Å². The van der Waals surface area contributed by atoms with Gasteiger partial charge in [-0.3, -0.25) is 4.79 Å². The van der Waals surface area contributed by atoms with E-state index in [0.717, 1.165) is 4.31 Å². The molecule has 0 saturated heterocycles. The zero-order valence-corrected chi connectivity index (χ0v) is 13.2. The van der Waals surface area contributed by atoms with Crippen molar-refractivity contribution in [1.29, 1.82) is 0 Å². The van der Waals surface area contributed by atoms with Gasteiger partial charge in [0, 0.05) is 13.6 Å². The Morgan fingerprint density at radius 2 is 2.05 bits per heavy atom. The predicted octanol–water partition coefficient (Wildman–Crippen LogP) is 0.987. The second-order valence-electron chi connectivity index (χ2n) is 4.35. The molecule has 3 N–H and O–H groups in total. The lowest BCUT2D eigenvalue weighted by Gasteiger charge is -2.18. The molecule has 0 atom stereocenters. The van der Waals surface area contributed by atoms with Crippen molar-refractivity contribution in [2.75, 3.05) is 25.9 Å². The minimum absolute atomic E-state index is 0.0474. The third-order valence-electron chi connectivity index (χ3n) is 2.72. The summed E-state index contributed by atoms with van der Waals surface area (Å²) in [5, 5.41) is 2.84. The van der Waals surface area contributed by atoms with Crippen molar-refractivity contribution in [3.05, 3.63) is 22.7 Å². The number of nitrogens with two attached hydrogens (primary N) is 1. The fourth-order valence-corrected chi connectivity index (χ4v) is 3.24. The fourth-order valence-electron chi connectivity index (χ4n) is 1.65. The number of halogens is 1. The largest absolute Gasteiger partial charge is 0.397 e. The van der Waals surface area contributed by atoms with Crippen molar-refractivity contribution in [1.82, 2.24) is 9.62 Å². The zero-order valence-electron chi connectivity index (χ0n) is 11.6. The molecule has 20 heavy (non-hydrogen) atoms. The topological polar surface area (TPSA) is 92.5 Å². The number of nitrogen functional groups attached to an aromatic ring is 1. The summed E-state index contributed by atoms with van der Waals surface area (Å²) in [7, 11) is -2.45. The Hall–Kier alpha value is -1.31. The minimum Gasteiger partial charge on any atom is -0.397 e. The first-order valence-corrected chi connectivity index (χ1v) is 7.80. The number of anilines is 1. The Morgan fingerprint density at radius 3 is 2.60 bits per heavy atom. The molecule has 8 heteroatoms. The van der Waals surface area contributed by atoms with Crippen molar-refractivity contribution >= 4 is 33.2 Å². The average Bonchev–Trinajstić information content (AvgIpc) is 2.33. The quantitative estimate of drug-likeness (QED) is 0.791. The van der Waals surface area contributed by atoms with Gasteiger partial charge in [-0.15, -0.1) is 0 Å². The smallest absolute Gasteiger partial charge is 0.243 e. The van der Waals surface area contributed by atoms with Crippen LogP contribution in [0.1, 0.15) is 12.5 Å². The van der Waals surface area contributed by atoms with Gasteiger partial charge in [0.15, 0.2) is 0 Å². The van der Waals surface area contributed by atoms with Crippen LogP contribution in [0.25, 0.3) is 0 Å². The number of sulfonamides is 1.